The molecule has 212 valence electrons. The first-order valence-corrected chi connectivity index (χ1v) is 13.1. The quantitative estimate of drug-likeness (QED) is 0.137. The van der Waals surface area contributed by atoms with Gasteiger partial charge in [0.2, 0.25) is 0 Å². The molecule has 3 aromatic carbocycles. The van der Waals surface area contributed by atoms with Crippen molar-refractivity contribution in [1.82, 2.24) is 0 Å². The molecule has 0 radical (unpaired) electrons. The van der Waals surface area contributed by atoms with Crippen molar-refractivity contribution in [2.45, 2.75) is 20.3 Å². The maximum atomic E-state index is 12.5. The Hall–Kier alpha value is -4.21. The van der Waals surface area contributed by atoms with Gasteiger partial charge in [-0.3, -0.25) is 4.79 Å². The number of hydrogen-bond acceptors (Lipinski definition) is 9. The first-order valence-electron chi connectivity index (χ1n) is 13.1. The number of hydrogen-bond donors (Lipinski definition) is 0. The lowest BCUT2D eigenvalue weighted by Gasteiger charge is -2.09. The predicted octanol–water partition coefficient (Wildman–Crippen LogP) is 5.11. The zero-order chi connectivity index (χ0) is 28.6. The Kier molecular flexibility index (Phi) is 12.7. The molecule has 0 N–H and O–H groups in total. The molecule has 3 aromatic rings. The predicted molar refractivity (Wildman–Crippen MR) is 148 cm³/mol. The Bertz CT molecular complexity index is 1200. The smallest absolute Gasteiger partial charge is 0.343 e. The van der Waals surface area contributed by atoms with Crippen LogP contribution in [0.15, 0.2) is 72.8 Å². The molecule has 0 unspecified atom stereocenters. The van der Waals surface area contributed by atoms with E-state index in [2.05, 4.69) is 0 Å². The van der Waals surface area contributed by atoms with Crippen molar-refractivity contribution < 1.29 is 42.8 Å². The number of carbonyl (C=O) groups is 3. The fourth-order valence-electron chi connectivity index (χ4n) is 3.44. The molecular formula is C31H34O9. The number of carbonyl (C=O) groups excluding carboxylic acids is 3. The number of esters is 3. The van der Waals surface area contributed by atoms with Gasteiger partial charge in [0.05, 0.1) is 44.2 Å². The van der Waals surface area contributed by atoms with Gasteiger partial charge in [-0.15, -0.1) is 0 Å². The van der Waals surface area contributed by atoms with Crippen molar-refractivity contribution in [2.24, 2.45) is 0 Å². The summed E-state index contributed by atoms with van der Waals surface area (Å²) in [4.78, 5) is 35.4. The highest BCUT2D eigenvalue weighted by Gasteiger charge is 2.10. The Morgan fingerprint density at radius 2 is 1.05 bits per heavy atom. The van der Waals surface area contributed by atoms with Gasteiger partial charge in [-0.1, -0.05) is 31.2 Å². The minimum absolute atomic E-state index is 0.238. The summed E-state index contributed by atoms with van der Waals surface area (Å²) in [6.45, 7) is 5.92. The molecule has 0 heterocycles. The molecular weight excluding hydrogens is 516 g/mol. The van der Waals surface area contributed by atoms with Gasteiger partial charge in [0, 0.05) is 6.42 Å². The van der Waals surface area contributed by atoms with Crippen LogP contribution >= 0.6 is 0 Å². The second kappa shape index (κ2) is 16.7. The standard InChI is InChI=1S/C31H34O9/c1-3-29(32)39-22-20-36-18-17-35-19-21-38-27-13-11-26(12-14-27)31(34)40-28-15-9-24(10-16-28)23-5-7-25(8-6-23)30(33)37-4-2/h5-16H,3-4,17-22H2,1-2H3. The highest BCUT2D eigenvalue weighted by atomic mass is 16.6. The van der Waals surface area contributed by atoms with Crippen LogP contribution in [-0.4, -0.2) is 64.2 Å². The molecule has 0 spiro atoms. The fraction of sp³-hybridized carbons (Fsp3) is 0.323. The average Bonchev–Trinajstić information content (AvgIpc) is 2.98. The van der Waals surface area contributed by atoms with E-state index in [1.165, 1.54) is 0 Å². The summed E-state index contributed by atoms with van der Waals surface area (Å²) in [5, 5.41) is 0. The maximum absolute atomic E-state index is 12.5. The van der Waals surface area contributed by atoms with Crippen molar-refractivity contribution in [3.63, 3.8) is 0 Å². The van der Waals surface area contributed by atoms with E-state index in [1.807, 2.05) is 24.3 Å². The summed E-state index contributed by atoms with van der Waals surface area (Å²) in [6, 6.07) is 20.9. The minimum Gasteiger partial charge on any atom is -0.491 e. The zero-order valence-corrected chi connectivity index (χ0v) is 22.8. The molecule has 9 nitrogen and oxygen atoms in total. The van der Waals surface area contributed by atoms with Gasteiger partial charge in [-0.2, -0.15) is 0 Å². The lowest BCUT2D eigenvalue weighted by molar-refractivity contribution is -0.144. The maximum Gasteiger partial charge on any atom is 0.343 e. The van der Waals surface area contributed by atoms with Gasteiger partial charge < -0.3 is 28.4 Å². The molecule has 9 heteroatoms. The van der Waals surface area contributed by atoms with Crippen LogP contribution in [0.4, 0.5) is 0 Å². The zero-order valence-electron chi connectivity index (χ0n) is 22.8. The van der Waals surface area contributed by atoms with E-state index in [-0.39, 0.29) is 18.5 Å². The Balaban J connectivity index is 1.35. The van der Waals surface area contributed by atoms with Crippen molar-refractivity contribution in [1.29, 1.82) is 0 Å². The Morgan fingerprint density at radius 1 is 0.550 bits per heavy atom. The number of benzene rings is 3. The second-order valence-corrected chi connectivity index (χ2v) is 8.38. The van der Waals surface area contributed by atoms with Crippen LogP contribution in [0, 0.1) is 0 Å². The van der Waals surface area contributed by atoms with Crippen LogP contribution < -0.4 is 9.47 Å². The summed E-state index contributed by atoms with van der Waals surface area (Å²) in [7, 11) is 0. The fourth-order valence-corrected chi connectivity index (χ4v) is 3.44. The first-order chi connectivity index (χ1) is 19.5. The van der Waals surface area contributed by atoms with Crippen LogP contribution in [0.25, 0.3) is 11.1 Å². The molecule has 0 saturated carbocycles. The van der Waals surface area contributed by atoms with Gasteiger partial charge in [0.15, 0.2) is 0 Å². The molecule has 0 aromatic heterocycles. The molecule has 3 rings (SSSR count). The first kappa shape index (κ1) is 30.3. The van der Waals surface area contributed by atoms with Crippen LogP contribution in [-0.2, 0) is 23.7 Å². The third kappa shape index (κ3) is 10.2. The average molecular weight is 551 g/mol. The molecule has 0 bridgehead atoms. The summed E-state index contributed by atoms with van der Waals surface area (Å²) in [6.07, 6.45) is 0.351. The minimum atomic E-state index is -0.481. The largest absolute Gasteiger partial charge is 0.491 e. The topological polar surface area (TPSA) is 107 Å². The monoisotopic (exact) mass is 550 g/mol. The van der Waals surface area contributed by atoms with E-state index in [1.54, 1.807) is 62.4 Å². The van der Waals surface area contributed by atoms with Gasteiger partial charge >= 0.3 is 17.9 Å². The van der Waals surface area contributed by atoms with Crippen molar-refractivity contribution in [2.75, 3.05) is 46.2 Å². The molecule has 0 atom stereocenters. The van der Waals surface area contributed by atoms with Gasteiger partial charge in [-0.05, 0) is 66.6 Å². The molecule has 0 aliphatic rings. The van der Waals surface area contributed by atoms with Gasteiger partial charge in [-0.25, -0.2) is 9.59 Å². The van der Waals surface area contributed by atoms with Gasteiger partial charge in [0.1, 0.15) is 24.7 Å². The third-order valence-corrected chi connectivity index (χ3v) is 5.53. The van der Waals surface area contributed by atoms with Crippen molar-refractivity contribution >= 4 is 17.9 Å². The van der Waals surface area contributed by atoms with Crippen LogP contribution in [0.3, 0.4) is 0 Å². The van der Waals surface area contributed by atoms with Crippen molar-refractivity contribution in [3.8, 4) is 22.6 Å². The Labute approximate surface area is 233 Å². The lowest BCUT2D eigenvalue weighted by Crippen LogP contribution is -2.14. The summed E-state index contributed by atoms with van der Waals surface area (Å²) >= 11 is 0. The second-order valence-electron chi connectivity index (χ2n) is 8.38. The SMILES string of the molecule is CCOC(=O)c1ccc(-c2ccc(OC(=O)c3ccc(OCCOCCOCCOC(=O)CC)cc3)cc2)cc1. The van der Waals surface area contributed by atoms with E-state index in [0.29, 0.717) is 68.7 Å². The molecule has 0 amide bonds. The molecule has 0 saturated heterocycles. The normalized spacial score (nSPS) is 10.6. The van der Waals surface area contributed by atoms with E-state index in [9.17, 15) is 14.4 Å². The third-order valence-electron chi connectivity index (χ3n) is 5.53. The molecule has 0 aliphatic heterocycles. The van der Waals surface area contributed by atoms with Crippen molar-refractivity contribution in [3.05, 3.63) is 83.9 Å². The summed E-state index contributed by atoms with van der Waals surface area (Å²) < 4.78 is 31.8. The number of rotatable bonds is 16. The molecule has 40 heavy (non-hydrogen) atoms. The van der Waals surface area contributed by atoms with E-state index >= 15 is 0 Å². The van der Waals surface area contributed by atoms with E-state index in [0.717, 1.165) is 11.1 Å². The lowest BCUT2D eigenvalue weighted by atomic mass is 10.0. The highest BCUT2D eigenvalue weighted by Crippen LogP contribution is 2.24. The Morgan fingerprint density at radius 3 is 1.65 bits per heavy atom. The molecule has 0 fully saturated rings. The highest BCUT2D eigenvalue weighted by molar-refractivity contribution is 5.91. The van der Waals surface area contributed by atoms with Crippen LogP contribution in [0.2, 0.25) is 0 Å². The van der Waals surface area contributed by atoms with Gasteiger partial charge in [0.25, 0.3) is 0 Å². The van der Waals surface area contributed by atoms with E-state index in [4.69, 9.17) is 28.4 Å². The van der Waals surface area contributed by atoms with E-state index < -0.39 is 5.97 Å². The summed E-state index contributed by atoms with van der Waals surface area (Å²) in [5.41, 5.74) is 2.73. The van der Waals surface area contributed by atoms with Crippen LogP contribution in [0.1, 0.15) is 41.0 Å². The van der Waals surface area contributed by atoms with Crippen LogP contribution in [0.5, 0.6) is 11.5 Å². The number of ether oxygens (including phenoxy) is 6. The summed E-state index contributed by atoms with van der Waals surface area (Å²) in [5.74, 6) is -0.0582. The molecule has 0 aliphatic carbocycles.